The van der Waals surface area contributed by atoms with Crippen molar-refractivity contribution in [1.82, 2.24) is 4.98 Å². The van der Waals surface area contributed by atoms with Gasteiger partial charge < -0.3 is 14.8 Å². The summed E-state index contributed by atoms with van der Waals surface area (Å²) in [5.74, 6) is 1.79. The van der Waals surface area contributed by atoms with Gasteiger partial charge in [0.05, 0.1) is 4.92 Å². The third-order valence-electron chi connectivity index (χ3n) is 2.55. The van der Waals surface area contributed by atoms with Crippen LogP contribution in [0.1, 0.15) is 6.42 Å². The Morgan fingerprint density at radius 2 is 2.30 bits per heavy atom. The number of rotatable bonds is 8. The fourth-order valence-corrected chi connectivity index (χ4v) is 2.39. The molecule has 20 heavy (non-hydrogen) atoms. The molecule has 7 nitrogen and oxygen atoms in total. The molecule has 0 aliphatic carbocycles. The van der Waals surface area contributed by atoms with Gasteiger partial charge in [-0.05, 0) is 18.2 Å². The van der Waals surface area contributed by atoms with Crippen LogP contribution in [0.3, 0.4) is 0 Å². The lowest BCUT2D eigenvalue weighted by atomic mass is 10.3. The number of aromatic nitrogens is 1. The molecule has 0 bridgehead atoms. The fourth-order valence-electron chi connectivity index (χ4n) is 1.60. The highest BCUT2D eigenvalue weighted by atomic mass is 32.2. The summed E-state index contributed by atoms with van der Waals surface area (Å²) in [7, 11) is 0. The van der Waals surface area contributed by atoms with Crippen molar-refractivity contribution in [2.45, 2.75) is 6.42 Å². The lowest BCUT2D eigenvalue weighted by Gasteiger charge is -2.00. The van der Waals surface area contributed by atoms with Crippen LogP contribution in [0, 0.1) is 10.1 Å². The molecule has 108 valence electrons. The monoisotopic (exact) mass is 297 g/mol. The largest absolute Gasteiger partial charge is 0.424 e. The summed E-state index contributed by atoms with van der Waals surface area (Å²) < 4.78 is 5.44. The second-order valence-corrected chi connectivity index (χ2v) is 5.27. The maximum Gasteiger partial charge on any atom is 0.295 e. The predicted octanol–water partition coefficient (Wildman–Crippen LogP) is 2.26. The molecule has 8 heteroatoms. The smallest absolute Gasteiger partial charge is 0.295 e. The molecule has 0 fully saturated rings. The third kappa shape index (κ3) is 3.84. The lowest BCUT2D eigenvalue weighted by Crippen LogP contribution is -2.04. The normalized spacial score (nSPS) is 10.8. The zero-order chi connectivity index (χ0) is 14.4. The summed E-state index contributed by atoms with van der Waals surface area (Å²) in [6.45, 7) is 0.898. The molecule has 0 amide bonds. The van der Waals surface area contributed by atoms with Crippen molar-refractivity contribution in [2.75, 3.05) is 30.0 Å². The average molecular weight is 297 g/mol. The SMILES string of the molecule is O=[N+]([O-])c1ccc2oc(NCCSCCCO)nc2c1. The molecule has 1 aromatic carbocycles. The Labute approximate surface area is 119 Å². The first kappa shape index (κ1) is 14.6. The van der Waals surface area contributed by atoms with Crippen LogP contribution >= 0.6 is 11.8 Å². The van der Waals surface area contributed by atoms with Crippen molar-refractivity contribution in [2.24, 2.45) is 0 Å². The van der Waals surface area contributed by atoms with Crippen LogP contribution in [0.4, 0.5) is 11.7 Å². The number of thioether (sulfide) groups is 1. The van der Waals surface area contributed by atoms with Crippen LogP contribution in [0.5, 0.6) is 0 Å². The van der Waals surface area contributed by atoms with Crippen molar-refractivity contribution in [1.29, 1.82) is 0 Å². The van der Waals surface area contributed by atoms with Gasteiger partial charge in [0, 0.05) is 31.0 Å². The van der Waals surface area contributed by atoms with Gasteiger partial charge in [-0.15, -0.1) is 0 Å². The fraction of sp³-hybridized carbons (Fsp3) is 0.417. The summed E-state index contributed by atoms with van der Waals surface area (Å²) in [5, 5.41) is 22.3. The van der Waals surface area contributed by atoms with E-state index in [1.165, 1.54) is 12.1 Å². The molecule has 1 aromatic heterocycles. The van der Waals surface area contributed by atoms with Crippen molar-refractivity contribution >= 4 is 34.6 Å². The van der Waals surface area contributed by atoms with Crippen LogP contribution in [0.15, 0.2) is 22.6 Å². The Kier molecular flexibility index (Phi) is 5.19. The van der Waals surface area contributed by atoms with Crippen LogP contribution < -0.4 is 5.32 Å². The van der Waals surface area contributed by atoms with Gasteiger partial charge in [-0.25, -0.2) is 0 Å². The minimum Gasteiger partial charge on any atom is -0.424 e. The van der Waals surface area contributed by atoms with E-state index in [1.807, 2.05) is 0 Å². The van der Waals surface area contributed by atoms with Gasteiger partial charge in [0.15, 0.2) is 5.58 Å². The number of aliphatic hydroxyl groups excluding tert-OH is 1. The van der Waals surface area contributed by atoms with E-state index in [0.29, 0.717) is 23.7 Å². The maximum absolute atomic E-state index is 10.7. The van der Waals surface area contributed by atoms with E-state index in [1.54, 1.807) is 17.8 Å². The minimum absolute atomic E-state index is 0.00286. The van der Waals surface area contributed by atoms with E-state index in [4.69, 9.17) is 9.52 Å². The van der Waals surface area contributed by atoms with E-state index in [9.17, 15) is 10.1 Å². The van der Waals surface area contributed by atoms with Gasteiger partial charge in [-0.2, -0.15) is 16.7 Å². The number of oxazole rings is 1. The summed E-state index contributed by atoms with van der Waals surface area (Å²) in [6, 6.07) is 4.69. The third-order valence-corrected chi connectivity index (χ3v) is 3.62. The Bertz CT molecular complexity index is 587. The molecule has 0 spiro atoms. The zero-order valence-electron chi connectivity index (χ0n) is 10.7. The number of aliphatic hydroxyl groups is 1. The molecule has 1 heterocycles. The van der Waals surface area contributed by atoms with Gasteiger partial charge in [-0.3, -0.25) is 10.1 Å². The Morgan fingerprint density at radius 3 is 3.05 bits per heavy atom. The number of hydrogen-bond acceptors (Lipinski definition) is 7. The van der Waals surface area contributed by atoms with Crippen LogP contribution in [0.2, 0.25) is 0 Å². The van der Waals surface area contributed by atoms with Crippen LogP contribution in [-0.2, 0) is 0 Å². The van der Waals surface area contributed by atoms with E-state index in [0.717, 1.165) is 17.9 Å². The number of nitro benzene ring substituents is 1. The number of nitrogens with one attached hydrogen (secondary N) is 1. The van der Waals surface area contributed by atoms with Crippen molar-refractivity contribution in [3.8, 4) is 0 Å². The predicted molar refractivity (Wildman–Crippen MR) is 78.2 cm³/mol. The molecule has 0 saturated carbocycles. The standard InChI is InChI=1S/C12H15N3O4S/c16-5-1-6-20-7-4-13-12-14-10-8-9(15(17)18)2-3-11(10)19-12/h2-3,8,16H,1,4-7H2,(H,13,14). The molecular formula is C12H15N3O4S. The van der Waals surface area contributed by atoms with E-state index < -0.39 is 4.92 Å². The van der Waals surface area contributed by atoms with Crippen molar-refractivity contribution in [3.63, 3.8) is 0 Å². The van der Waals surface area contributed by atoms with E-state index in [-0.39, 0.29) is 12.3 Å². The molecule has 0 radical (unpaired) electrons. The first-order chi connectivity index (χ1) is 9.70. The quantitative estimate of drug-likeness (QED) is 0.438. The van der Waals surface area contributed by atoms with Gasteiger partial charge in [0.25, 0.3) is 11.7 Å². The summed E-state index contributed by atoms with van der Waals surface area (Å²) >= 11 is 1.73. The Hall–Kier alpha value is -1.80. The topological polar surface area (TPSA) is 101 Å². The highest BCUT2D eigenvalue weighted by Crippen LogP contribution is 2.23. The summed E-state index contributed by atoms with van der Waals surface area (Å²) in [5.41, 5.74) is 0.984. The molecule has 0 saturated heterocycles. The minimum atomic E-state index is -0.459. The van der Waals surface area contributed by atoms with Crippen molar-refractivity contribution < 1.29 is 14.4 Å². The molecule has 0 aliphatic heterocycles. The molecule has 2 rings (SSSR count). The second-order valence-electron chi connectivity index (χ2n) is 4.04. The molecule has 2 aromatic rings. The van der Waals surface area contributed by atoms with Gasteiger partial charge in [0.1, 0.15) is 5.52 Å². The highest BCUT2D eigenvalue weighted by Gasteiger charge is 2.11. The van der Waals surface area contributed by atoms with Crippen LogP contribution in [-0.4, -0.2) is 39.7 Å². The van der Waals surface area contributed by atoms with E-state index in [2.05, 4.69) is 10.3 Å². The zero-order valence-corrected chi connectivity index (χ0v) is 11.6. The molecule has 2 N–H and O–H groups in total. The highest BCUT2D eigenvalue weighted by molar-refractivity contribution is 7.99. The van der Waals surface area contributed by atoms with Crippen molar-refractivity contribution in [3.05, 3.63) is 28.3 Å². The molecule has 0 atom stereocenters. The Morgan fingerprint density at radius 1 is 1.45 bits per heavy atom. The lowest BCUT2D eigenvalue weighted by molar-refractivity contribution is -0.384. The number of anilines is 1. The molecule has 0 aliphatic rings. The number of benzene rings is 1. The first-order valence-electron chi connectivity index (χ1n) is 6.18. The maximum atomic E-state index is 10.7. The number of fused-ring (bicyclic) bond motifs is 1. The summed E-state index contributed by atoms with van der Waals surface area (Å²) in [4.78, 5) is 14.4. The van der Waals surface area contributed by atoms with Crippen LogP contribution in [0.25, 0.3) is 11.1 Å². The molecular weight excluding hydrogens is 282 g/mol. The number of nitro groups is 1. The number of non-ortho nitro benzene ring substituents is 1. The summed E-state index contributed by atoms with van der Waals surface area (Å²) in [6.07, 6.45) is 0.789. The average Bonchev–Trinajstić information content (AvgIpc) is 2.84. The second kappa shape index (κ2) is 7.11. The van der Waals surface area contributed by atoms with E-state index >= 15 is 0 Å². The van der Waals surface area contributed by atoms with Gasteiger partial charge in [-0.1, -0.05) is 0 Å². The first-order valence-corrected chi connectivity index (χ1v) is 7.33. The number of hydrogen-bond donors (Lipinski definition) is 2. The van der Waals surface area contributed by atoms with Gasteiger partial charge >= 0.3 is 0 Å². The molecule has 0 unspecified atom stereocenters. The van der Waals surface area contributed by atoms with Gasteiger partial charge in [0.2, 0.25) is 0 Å². The number of nitrogens with zero attached hydrogens (tertiary/aromatic N) is 2. The Balaban J connectivity index is 1.89.